The molecule has 0 aliphatic rings. The standard InChI is InChI=1S/C12H10Br2ClNOS/c1-17-9-4-6(13)2-3-7(9)11(16)10-5-8(14)12(15)18-10/h2-5,11H,16H2,1H3. The summed E-state index contributed by atoms with van der Waals surface area (Å²) in [7, 11) is 1.63. The van der Waals surface area contributed by atoms with Crippen LogP contribution in [0, 0.1) is 0 Å². The normalized spacial score (nSPS) is 12.5. The number of ether oxygens (including phenoxy) is 1. The molecule has 2 nitrogen and oxygen atoms in total. The summed E-state index contributed by atoms with van der Waals surface area (Å²) in [5.74, 6) is 0.762. The summed E-state index contributed by atoms with van der Waals surface area (Å²) in [6.45, 7) is 0. The molecule has 2 rings (SSSR count). The van der Waals surface area contributed by atoms with E-state index in [2.05, 4.69) is 31.9 Å². The molecule has 1 atom stereocenters. The number of halogens is 3. The molecule has 0 aliphatic carbocycles. The van der Waals surface area contributed by atoms with Gasteiger partial charge in [-0.3, -0.25) is 0 Å². The SMILES string of the molecule is COc1cc(Br)ccc1C(N)c1cc(Br)c(Cl)s1. The highest BCUT2D eigenvalue weighted by Gasteiger charge is 2.17. The van der Waals surface area contributed by atoms with Crippen LogP contribution in [-0.4, -0.2) is 7.11 Å². The van der Waals surface area contributed by atoms with Gasteiger partial charge in [0.15, 0.2) is 0 Å². The third kappa shape index (κ3) is 2.91. The van der Waals surface area contributed by atoms with Crippen LogP contribution in [0.1, 0.15) is 16.5 Å². The first-order chi connectivity index (χ1) is 8.52. The Morgan fingerprint density at radius 1 is 1.33 bits per heavy atom. The van der Waals surface area contributed by atoms with Gasteiger partial charge in [-0.05, 0) is 34.1 Å². The fourth-order valence-electron chi connectivity index (χ4n) is 1.61. The lowest BCUT2D eigenvalue weighted by Crippen LogP contribution is -2.11. The maximum atomic E-state index is 6.26. The quantitative estimate of drug-likeness (QED) is 0.773. The summed E-state index contributed by atoms with van der Waals surface area (Å²) >= 11 is 14.3. The van der Waals surface area contributed by atoms with Gasteiger partial charge in [-0.15, -0.1) is 11.3 Å². The summed E-state index contributed by atoms with van der Waals surface area (Å²) in [6.07, 6.45) is 0. The van der Waals surface area contributed by atoms with Gasteiger partial charge >= 0.3 is 0 Å². The molecule has 0 radical (unpaired) electrons. The molecule has 18 heavy (non-hydrogen) atoms. The van der Waals surface area contributed by atoms with Crippen molar-refractivity contribution in [3.63, 3.8) is 0 Å². The summed E-state index contributed by atoms with van der Waals surface area (Å²) in [6, 6.07) is 7.50. The van der Waals surface area contributed by atoms with Crippen molar-refractivity contribution in [2.24, 2.45) is 5.73 Å². The fourth-order valence-corrected chi connectivity index (χ4v) is 3.71. The molecule has 0 saturated carbocycles. The zero-order valence-corrected chi connectivity index (χ0v) is 14.2. The molecule has 0 aliphatic heterocycles. The Labute approximate surface area is 131 Å². The van der Waals surface area contributed by atoms with Crippen LogP contribution in [0.4, 0.5) is 0 Å². The number of benzene rings is 1. The molecular formula is C12H10Br2ClNOS. The van der Waals surface area contributed by atoms with Crippen LogP contribution >= 0.6 is 54.8 Å². The van der Waals surface area contributed by atoms with E-state index in [-0.39, 0.29) is 6.04 Å². The van der Waals surface area contributed by atoms with Crippen LogP contribution in [0.25, 0.3) is 0 Å². The first-order valence-corrected chi connectivity index (χ1v) is 7.84. The summed E-state index contributed by atoms with van der Waals surface area (Å²) in [5, 5.41) is 0. The molecular weight excluding hydrogens is 401 g/mol. The summed E-state index contributed by atoms with van der Waals surface area (Å²) in [5.41, 5.74) is 7.20. The molecule has 0 amide bonds. The zero-order chi connectivity index (χ0) is 13.3. The van der Waals surface area contributed by atoms with Crippen molar-refractivity contribution >= 4 is 54.8 Å². The second-order valence-electron chi connectivity index (χ2n) is 3.63. The minimum atomic E-state index is -0.248. The third-order valence-electron chi connectivity index (χ3n) is 2.50. The average Bonchev–Trinajstić information content (AvgIpc) is 2.68. The molecule has 2 N–H and O–H groups in total. The van der Waals surface area contributed by atoms with Gasteiger partial charge in [-0.2, -0.15) is 0 Å². The maximum Gasteiger partial charge on any atom is 0.125 e. The third-order valence-corrected chi connectivity index (χ3v) is 5.55. The van der Waals surface area contributed by atoms with Gasteiger partial charge in [0.2, 0.25) is 0 Å². The van der Waals surface area contributed by atoms with E-state index in [4.69, 9.17) is 22.1 Å². The number of nitrogens with two attached hydrogens (primary N) is 1. The monoisotopic (exact) mass is 409 g/mol. The number of hydrogen-bond acceptors (Lipinski definition) is 3. The van der Waals surface area contributed by atoms with Gasteiger partial charge < -0.3 is 10.5 Å². The van der Waals surface area contributed by atoms with Crippen molar-refractivity contribution in [3.05, 3.63) is 48.0 Å². The van der Waals surface area contributed by atoms with E-state index in [1.54, 1.807) is 7.11 Å². The van der Waals surface area contributed by atoms with Gasteiger partial charge in [-0.25, -0.2) is 0 Å². The van der Waals surface area contributed by atoms with E-state index in [9.17, 15) is 0 Å². The molecule has 6 heteroatoms. The number of thiophene rings is 1. The lowest BCUT2D eigenvalue weighted by molar-refractivity contribution is 0.407. The van der Waals surface area contributed by atoms with Crippen molar-refractivity contribution < 1.29 is 4.74 Å². The van der Waals surface area contributed by atoms with Crippen LogP contribution in [0.5, 0.6) is 5.75 Å². The van der Waals surface area contributed by atoms with Gasteiger partial charge in [0.1, 0.15) is 10.1 Å². The van der Waals surface area contributed by atoms with Crippen molar-refractivity contribution in [1.29, 1.82) is 0 Å². The van der Waals surface area contributed by atoms with Crippen molar-refractivity contribution in [3.8, 4) is 5.75 Å². The molecule has 0 saturated heterocycles. The number of methoxy groups -OCH3 is 1. The minimum Gasteiger partial charge on any atom is -0.496 e. The smallest absolute Gasteiger partial charge is 0.125 e. The predicted octanol–water partition coefficient (Wildman–Crippen LogP) is 4.98. The van der Waals surface area contributed by atoms with Gasteiger partial charge in [0, 0.05) is 19.4 Å². The van der Waals surface area contributed by atoms with E-state index >= 15 is 0 Å². The highest BCUT2D eigenvalue weighted by atomic mass is 79.9. The van der Waals surface area contributed by atoms with Crippen LogP contribution < -0.4 is 10.5 Å². The molecule has 1 aromatic carbocycles. The van der Waals surface area contributed by atoms with Crippen LogP contribution in [0.3, 0.4) is 0 Å². The molecule has 0 bridgehead atoms. The molecule has 1 aromatic heterocycles. The van der Waals surface area contributed by atoms with E-state index in [0.717, 1.165) is 25.1 Å². The Kier molecular flexibility index (Phi) is 4.72. The van der Waals surface area contributed by atoms with Gasteiger partial charge in [0.25, 0.3) is 0 Å². The lowest BCUT2D eigenvalue weighted by atomic mass is 10.1. The molecule has 0 fully saturated rings. The highest BCUT2D eigenvalue weighted by molar-refractivity contribution is 9.10. The van der Waals surface area contributed by atoms with Gasteiger partial charge in [0.05, 0.1) is 13.2 Å². The predicted molar refractivity (Wildman–Crippen MR) is 83.8 cm³/mol. The van der Waals surface area contributed by atoms with Crippen molar-refractivity contribution in [1.82, 2.24) is 0 Å². The summed E-state index contributed by atoms with van der Waals surface area (Å²) < 4.78 is 7.89. The summed E-state index contributed by atoms with van der Waals surface area (Å²) in [4.78, 5) is 0.993. The van der Waals surface area contributed by atoms with E-state index in [0.29, 0.717) is 4.34 Å². The van der Waals surface area contributed by atoms with E-state index < -0.39 is 0 Å². The molecule has 1 unspecified atom stereocenters. The maximum absolute atomic E-state index is 6.26. The van der Waals surface area contributed by atoms with Gasteiger partial charge in [-0.1, -0.05) is 33.6 Å². The van der Waals surface area contributed by atoms with E-state index in [1.807, 2.05) is 24.3 Å². The first-order valence-electron chi connectivity index (χ1n) is 5.06. The lowest BCUT2D eigenvalue weighted by Gasteiger charge is -2.14. The van der Waals surface area contributed by atoms with Crippen molar-refractivity contribution in [2.45, 2.75) is 6.04 Å². The fraction of sp³-hybridized carbons (Fsp3) is 0.167. The first kappa shape index (κ1) is 14.3. The highest BCUT2D eigenvalue weighted by Crippen LogP contribution is 2.39. The number of hydrogen-bond donors (Lipinski definition) is 1. The zero-order valence-electron chi connectivity index (χ0n) is 9.41. The molecule has 2 aromatic rings. The largest absolute Gasteiger partial charge is 0.496 e. The van der Waals surface area contributed by atoms with Crippen molar-refractivity contribution in [2.75, 3.05) is 7.11 Å². The Morgan fingerprint density at radius 2 is 2.06 bits per heavy atom. The Bertz CT molecular complexity index is 554. The van der Waals surface area contributed by atoms with Crippen LogP contribution in [-0.2, 0) is 0 Å². The average molecular weight is 412 g/mol. The number of rotatable bonds is 3. The molecule has 1 heterocycles. The second-order valence-corrected chi connectivity index (χ2v) is 7.09. The topological polar surface area (TPSA) is 35.2 Å². The van der Waals surface area contributed by atoms with Crippen LogP contribution in [0.15, 0.2) is 33.2 Å². The Morgan fingerprint density at radius 3 is 2.61 bits per heavy atom. The Hall–Kier alpha value is -0.0700. The second kappa shape index (κ2) is 5.92. The molecule has 96 valence electrons. The Balaban J connectivity index is 2.42. The van der Waals surface area contributed by atoms with Crippen LogP contribution in [0.2, 0.25) is 4.34 Å². The molecule has 0 spiro atoms. The minimum absolute atomic E-state index is 0.248. The van der Waals surface area contributed by atoms with E-state index in [1.165, 1.54) is 11.3 Å².